The average molecular weight is 246 g/mol. The maximum atomic E-state index is 10.9. The molecule has 0 bridgehead atoms. The molecular weight excluding hydrogens is 224 g/mol. The minimum absolute atomic E-state index is 0.0266. The van der Waals surface area contributed by atoms with Gasteiger partial charge in [-0.05, 0) is 36.5 Å². The van der Waals surface area contributed by atoms with E-state index in [4.69, 9.17) is 0 Å². The molecule has 0 radical (unpaired) electrons. The van der Waals surface area contributed by atoms with E-state index in [1.165, 1.54) is 31.7 Å². The SMILES string of the molecule is CCCC1CC1NCc1ccc(NC(C)=O)cc1. The van der Waals surface area contributed by atoms with E-state index in [1.807, 2.05) is 12.1 Å². The Bertz CT molecular complexity index is 399. The van der Waals surface area contributed by atoms with E-state index in [9.17, 15) is 4.79 Å². The second kappa shape index (κ2) is 6.01. The molecule has 2 rings (SSSR count). The Kier molecular flexibility index (Phi) is 4.37. The lowest BCUT2D eigenvalue weighted by molar-refractivity contribution is -0.114. The highest BCUT2D eigenvalue weighted by Crippen LogP contribution is 2.34. The van der Waals surface area contributed by atoms with Crippen LogP contribution in [0, 0.1) is 5.92 Å². The van der Waals surface area contributed by atoms with Crippen LogP contribution in [0.3, 0.4) is 0 Å². The summed E-state index contributed by atoms with van der Waals surface area (Å²) in [7, 11) is 0. The number of hydrogen-bond acceptors (Lipinski definition) is 2. The lowest BCUT2D eigenvalue weighted by atomic mass is 10.2. The fourth-order valence-corrected chi connectivity index (χ4v) is 2.35. The topological polar surface area (TPSA) is 41.1 Å². The number of amides is 1. The fraction of sp³-hybridized carbons (Fsp3) is 0.533. The van der Waals surface area contributed by atoms with Gasteiger partial charge in [0, 0.05) is 25.2 Å². The molecule has 2 atom stereocenters. The van der Waals surface area contributed by atoms with Gasteiger partial charge in [0.05, 0.1) is 0 Å². The Labute approximate surface area is 109 Å². The molecular formula is C15H22N2O. The van der Waals surface area contributed by atoms with Gasteiger partial charge in [-0.15, -0.1) is 0 Å². The van der Waals surface area contributed by atoms with Crippen LogP contribution in [0.5, 0.6) is 0 Å². The molecule has 2 N–H and O–H groups in total. The molecule has 1 aliphatic carbocycles. The van der Waals surface area contributed by atoms with Crippen LogP contribution in [0.25, 0.3) is 0 Å². The Hall–Kier alpha value is -1.35. The standard InChI is InChI=1S/C15H22N2O/c1-3-4-13-9-15(13)16-10-12-5-7-14(8-6-12)17-11(2)18/h5-8,13,15-16H,3-4,9-10H2,1-2H3,(H,17,18). The number of carbonyl (C=O) groups excluding carboxylic acids is 1. The van der Waals surface area contributed by atoms with Crippen molar-refractivity contribution in [3.05, 3.63) is 29.8 Å². The summed E-state index contributed by atoms with van der Waals surface area (Å²) < 4.78 is 0. The predicted octanol–water partition coefficient (Wildman–Crippen LogP) is 2.92. The van der Waals surface area contributed by atoms with Gasteiger partial charge in [0.25, 0.3) is 0 Å². The first-order chi connectivity index (χ1) is 8.69. The van der Waals surface area contributed by atoms with Gasteiger partial charge < -0.3 is 10.6 Å². The van der Waals surface area contributed by atoms with Gasteiger partial charge in [-0.3, -0.25) is 4.79 Å². The second-order valence-corrected chi connectivity index (χ2v) is 5.15. The summed E-state index contributed by atoms with van der Waals surface area (Å²) in [6.45, 7) is 4.69. The Morgan fingerprint density at radius 3 is 2.67 bits per heavy atom. The zero-order valence-corrected chi connectivity index (χ0v) is 11.2. The third-order valence-electron chi connectivity index (χ3n) is 3.42. The summed E-state index contributed by atoms with van der Waals surface area (Å²) in [6, 6.07) is 8.76. The first-order valence-electron chi connectivity index (χ1n) is 6.79. The van der Waals surface area contributed by atoms with Gasteiger partial charge in [-0.1, -0.05) is 25.5 Å². The quantitative estimate of drug-likeness (QED) is 0.810. The lowest BCUT2D eigenvalue weighted by Gasteiger charge is -2.06. The van der Waals surface area contributed by atoms with E-state index >= 15 is 0 Å². The first kappa shape index (κ1) is 13.1. The van der Waals surface area contributed by atoms with Crippen molar-refractivity contribution in [2.24, 2.45) is 5.92 Å². The molecule has 3 nitrogen and oxygen atoms in total. The Balaban J connectivity index is 1.75. The van der Waals surface area contributed by atoms with E-state index in [-0.39, 0.29) is 5.91 Å². The number of benzene rings is 1. The van der Waals surface area contributed by atoms with Gasteiger partial charge in [0.15, 0.2) is 0 Å². The van der Waals surface area contributed by atoms with Gasteiger partial charge in [0.2, 0.25) is 5.91 Å². The zero-order chi connectivity index (χ0) is 13.0. The van der Waals surface area contributed by atoms with E-state index in [0.29, 0.717) is 0 Å². The molecule has 98 valence electrons. The summed E-state index contributed by atoms with van der Waals surface area (Å²) in [4.78, 5) is 10.9. The van der Waals surface area contributed by atoms with Gasteiger partial charge in [-0.2, -0.15) is 0 Å². The van der Waals surface area contributed by atoms with Crippen LogP contribution >= 0.6 is 0 Å². The number of anilines is 1. The monoisotopic (exact) mass is 246 g/mol. The largest absolute Gasteiger partial charge is 0.326 e. The highest BCUT2D eigenvalue weighted by molar-refractivity contribution is 5.88. The third-order valence-corrected chi connectivity index (χ3v) is 3.42. The molecule has 0 aromatic heterocycles. The summed E-state index contributed by atoms with van der Waals surface area (Å²) in [5.74, 6) is 0.870. The van der Waals surface area contributed by atoms with Crippen molar-refractivity contribution in [3.63, 3.8) is 0 Å². The summed E-state index contributed by atoms with van der Waals surface area (Å²) >= 11 is 0. The van der Waals surface area contributed by atoms with Crippen LogP contribution < -0.4 is 10.6 Å². The highest BCUT2D eigenvalue weighted by atomic mass is 16.1. The zero-order valence-electron chi connectivity index (χ0n) is 11.2. The van der Waals surface area contributed by atoms with Crippen molar-refractivity contribution < 1.29 is 4.79 Å². The van der Waals surface area contributed by atoms with Crippen molar-refractivity contribution in [2.45, 2.75) is 45.7 Å². The van der Waals surface area contributed by atoms with E-state index in [2.05, 4.69) is 29.7 Å². The highest BCUT2D eigenvalue weighted by Gasteiger charge is 2.35. The average Bonchev–Trinajstić information content (AvgIpc) is 3.07. The van der Waals surface area contributed by atoms with Crippen molar-refractivity contribution in [3.8, 4) is 0 Å². The summed E-state index contributed by atoms with van der Waals surface area (Å²) in [5, 5.41) is 6.35. The number of hydrogen-bond donors (Lipinski definition) is 2. The summed E-state index contributed by atoms with van der Waals surface area (Å²) in [5.41, 5.74) is 2.13. The molecule has 1 fully saturated rings. The Morgan fingerprint density at radius 2 is 2.06 bits per heavy atom. The fourth-order valence-electron chi connectivity index (χ4n) is 2.35. The first-order valence-corrected chi connectivity index (χ1v) is 6.79. The number of rotatable bonds is 6. The maximum Gasteiger partial charge on any atom is 0.221 e. The van der Waals surface area contributed by atoms with Gasteiger partial charge >= 0.3 is 0 Å². The molecule has 2 unspecified atom stereocenters. The van der Waals surface area contributed by atoms with Crippen LogP contribution in [-0.4, -0.2) is 11.9 Å². The molecule has 1 saturated carbocycles. The third kappa shape index (κ3) is 3.84. The summed E-state index contributed by atoms with van der Waals surface area (Å²) in [6.07, 6.45) is 3.96. The molecule has 1 amide bonds. The van der Waals surface area contributed by atoms with Crippen LogP contribution in [0.1, 0.15) is 38.7 Å². The minimum atomic E-state index is -0.0266. The van der Waals surface area contributed by atoms with Crippen LogP contribution in [0.4, 0.5) is 5.69 Å². The van der Waals surface area contributed by atoms with Crippen molar-refractivity contribution in [1.29, 1.82) is 0 Å². The molecule has 1 aliphatic rings. The van der Waals surface area contributed by atoms with E-state index in [1.54, 1.807) is 0 Å². The van der Waals surface area contributed by atoms with E-state index in [0.717, 1.165) is 24.2 Å². The molecule has 1 aromatic rings. The normalized spacial score (nSPS) is 21.7. The van der Waals surface area contributed by atoms with Crippen molar-refractivity contribution in [1.82, 2.24) is 5.32 Å². The predicted molar refractivity (Wildman–Crippen MR) is 74.4 cm³/mol. The molecule has 1 aromatic carbocycles. The molecule has 0 heterocycles. The molecule has 3 heteroatoms. The Morgan fingerprint density at radius 1 is 1.33 bits per heavy atom. The molecule has 0 saturated heterocycles. The number of carbonyl (C=O) groups is 1. The maximum absolute atomic E-state index is 10.9. The van der Waals surface area contributed by atoms with Crippen molar-refractivity contribution in [2.75, 3.05) is 5.32 Å². The lowest BCUT2D eigenvalue weighted by Crippen LogP contribution is -2.17. The smallest absolute Gasteiger partial charge is 0.221 e. The van der Waals surface area contributed by atoms with Gasteiger partial charge in [0.1, 0.15) is 0 Å². The van der Waals surface area contributed by atoms with Gasteiger partial charge in [-0.25, -0.2) is 0 Å². The van der Waals surface area contributed by atoms with Crippen LogP contribution in [-0.2, 0) is 11.3 Å². The molecule has 0 aliphatic heterocycles. The van der Waals surface area contributed by atoms with Crippen LogP contribution in [0.15, 0.2) is 24.3 Å². The minimum Gasteiger partial charge on any atom is -0.326 e. The molecule has 0 spiro atoms. The van der Waals surface area contributed by atoms with Crippen molar-refractivity contribution >= 4 is 11.6 Å². The van der Waals surface area contributed by atoms with Crippen LogP contribution in [0.2, 0.25) is 0 Å². The second-order valence-electron chi connectivity index (χ2n) is 5.15. The number of nitrogens with one attached hydrogen (secondary N) is 2. The van der Waals surface area contributed by atoms with E-state index < -0.39 is 0 Å². The molecule has 18 heavy (non-hydrogen) atoms.